The number of nitriles is 1. The van der Waals surface area contributed by atoms with E-state index in [2.05, 4.69) is 50.9 Å². The van der Waals surface area contributed by atoms with Gasteiger partial charge < -0.3 is 30.6 Å². The minimum Gasteiger partial charge on any atom is -0.478 e. The third-order valence-corrected chi connectivity index (χ3v) is 8.08. The molecule has 2 heterocycles. The van der Waals surface area contributed by atoms with E-state index in [0.717, 1.165) is 38.9 Å². The number of guanidine groups is 1. The fraction of sp³-hybridized carbons (Fsp3) is 0.375. The summed E-state index contributed by atoms with van der Waals surface area (Å²) in [5.74, 6) is -2.37. The summed E-state index contributed by atoms with van der Waals surface area (Å²) >= 11 is 0. The first-order valence-electron chi connectivity index (χ1n) is 14.2. The SMILES string of the molecule is CC1=C(C(=O)O)C(c2cccc(N(C)/C(=N/C#N)NCCCN3CCC(c4ccccc4)CC3)c2)C(C(=O)O)=C(C)N1. The van der Waals surface area contributed by atoms with Crippen LogP contribution in [0, 0.1) is 11.5 Å². The monoisotopic (exact) mass is 570 g/mol. The zero-order valence-corrected chi connectivity index (χ0v) is 24.3. The topological polar surface area (TPSA) is 141 Å². The van der Waals surface area contributed by atoms with Crippen molar-refractivity contribution in [3.05, 3.63) is 88.3 Å². The third kappa shape index (κ3) is 6.98. The lowest BCUT2D eigenvalue weighted by molar-refractivity contribution is -0.133. The standard InChI is InChI=1S/C32H38N6O4/c1-21-27(30(39)40)29(28(31(41)42)22(2)36-21)25-11-7-12-26(19-25)37(3)32(35-20-33)34-15-8-16-38-17-13-24(14-18-38)23-9-5-4-6-10-23/h4-7,9-12,19,24,29,36H,8,13-18H2,1-3H3,(H,34,35)(H,39,40)(H,41,42). The fourth-order valence-electron chi connectivity index (χ4n) is 5.93. The van der Waals surface area contributed by atoms with Gasteiger partial charge in [0.2, 0.25) is 12.2 Å². The maximum atomic E-state index is 12.2. The molecule has 2 aliphatic rings. The molecule has 10 nitrogen and oxygen atoms in total. The first-order chi connectivity index (χ1) is 20.2. The Hall–Kier alpha value is -4.62. The number of nitrogens with zero attached hydrogens (tertiary/aromatic N) is 4. The summed E-state index contributed by atoms with van der Waals surface area (Å²) in [7, 11) is 1.76. The summed E-state index contributed by atoms with van der Waals surface area (Å²) in [6, 6.07) is 17.7. The second-order valence-electron chi connectivity index (χ2n) is 10.7. The molecule has 2 aromatic carbocycles. The van der Waals surface area contributed by atoms with E-state index in [0.29, 0.717) is 41.1 Å². The number of likely N-dealkylation sites (tertiary alicyclic amines) is 1. The van der Waals surface area contributed by atoms with Gasteiger partial charge in [-0.3, -0.25) is 0 Å². The van der Waals surface area contributed by atoms with Gasteiger partial charge >= 0.3 is 11.9 Å². The maximum Gasteiger partial charge on any atom is 0.334 e. The number of aliphatic imine (C=N–C) groups is 1. The minimum atomic E-state index is -1.19. The zero-order chi connectivity index (χ0) is 30.2. The minimum absolute atomic E-state index is 0.0188. The van der Waals surface area contributed by atoms with Gasteiger partial charge in [-0.15, -0.1) is 4.99 Å². The number of carboxylic acids is 2. The number of piperidine rings is 1. The first kappa shape index (κ1) is 30.3. The predicted octanol–water partition coefficient (Wildman–Crippen LogP) is 4.22. The van der Waals surface area contributed by atoms with E-state index in [4.69, 9.17) is 0 Å². The van der Waals surface area contributed by atoms with Gasteiger partial charge in [-0.05, 0) is 81.9 Å². The van der Waals surface area contributed by atoms with Gasteiger partial charge in [0.05, 0.1) is 17.1 Å². The van der Waals surface area contributed by atoms with Crippen LogP contribution >= 0.6 is 0 Å². The Kier molecular flexibility index (Phi) is 9.99. The van der Waals surface area contributed by atoms with E-state index >= 15 is 0 Å². The normalized spacial score (nSPS) is 17.0. The average molecular weight is 571 g/mol. The Bertz CT molecular complexity index is 1400. The number of nitrogens with one attached hydrogen (secondary N) is 2. The molecule has 2 aromatic rings. The second kappa shape index (κ2) is 13.8. The number of hydrogen-bond acceptors (Lipinski definition) is 6. The molecule has 0 unspecified atom stereocenters. The summed E-state index contributed by atoms with van der Waals surface area (Å²) in [4.78, 5) is 32.5. The lowest BCUT2D eigenvalue weighted by atomic mass is 9.80. The fourth-order valence-corrected chi connectivity index (χ4v) is 5.93. The molecule has 2 aliphatic heterocycles. The maximum absolute atomic E-state index is 12.2. The number of carboxylic acid groups (broad SMARTS) is 2. The largest absolute Gasteiger partial charge is 0.478 e. The van der Waals surface area contributed by atoms with Crippen LogP contribution in [-0.2, 0) is 9.59 Å². The Morgan fingerprint density at radius 2 is 1.64 bits per heavy atom. The van der Waals surface area contributed by atoms with E-state index in [-0.39, 0.29) is 11.1 Å². The molecule has 0 aliphatic carbocycles. The highest BCUT2D eigenvalue weighted by molar-refractivity contribution is 5.99. The molecule has 4 N–H and O–H groups in total. The third-order valence-electron chi connectivity index (χ3n) is 8.08. The van der Waals surface area contributed by atoms with Crippen LogP contribution in [0.3, 0.4) is 0 Å². The summed E-state index contributed by atoms with van der Waals surface area (Å²) in [5.41, 5.74) is 3.33. The van der Waals surface area contributed by atoms with Crippen LogP contribution in [0.25, 0.3) is 0 Å². The summed E-state index contributed by atoms with van der Waals surface area (Å²) in [5, 5.41) is 35.4. The molecule has 0 aromatic heterocycles. The number of aliphatic carboxylic acids is 2. The Morgan fingerprint density at radius 1 is 1.02 bits per heavy atom. The van der Waals surface area contributed by atoms with Gasteiger partial charge in [0.25, 0.3) is 0 Å². The molecule has 0 saturated carbocycles. The molecule has 10 heteroatoms. The highest BCUT2D eigenvalue weighted by Gasteiger charge is 2.36. The molecule has 42 heavy (non-hydrogen) atoms. The average Bonchev–Trinajstić information content (AvgIpc) is 2.98. The summed E-state index contributed by atoms with van der Waals surface area (Å²) in [6.45, 7) is 6.93. The lowest BCUT2D eigenvalue weighted by Gasteiger charge is -2.32. The second-order valence-corrected chi connectivity index (χ2v) is 10.7. The number of carbonyl (C=O) groups is 2. The Labute approximate surface area is 246 Å². The van der Waals surface area contributed by atoms with Crippen molar-refractivity contribution in [2.45, 2.75) is 44.9 Å². The van der Waals surface area contributed by atoms with Crippen LogP contribution in [0.2, 0.25) is 0 Å². The van der Waals surface area contributed by atoms with Gasteiger partial charge in [-0.1, -0.05) is 42.5 Å². The number of benzene rings is 2. The molecule has 0 spiro atoms. The van der Waals surface area contributed by atoms with Crippen molar-refractivity contribution in [3.63, 3.8) is 0 Å². The molecule has 0 atom stereocenters. The summed E-state index contributed by atoms with van der Waals surface area (Å²) in [6.07, 6.45) is 5.02. The van der Waals surface area contributed by atoms with Crippen LogP contribution in [0.5, 0.6) is 0 Å². The lowest BCUT2D eigenvalue weighted by Crippen LogP contribution is -2.41. The smallest absolute Gasteiger partial charge is 0.334 e. The van der Waals surface area contributed by atoms with Crippen molar-refractivity contribution in [3.8, 4) is 6.19 Å². The van der Waals surface area contributed by atoms with Crippen molar-refractivity contribution < 1.29 is 19.8 Å². The first-order valence-corrected chi connectivity index (χ1v) is 14.2. The Balaban J connectivity index is 1.40. The number of anilines is 1. The molecule has 1 fully saturated rings. The molecule has 220 valence electrons. The number of dihydropyridines is 1. The van der Waals surface area contributed by atoms with Crippen LogP contribution in [0.1, 0.15) is 56.1 Å². The quantitative estimate of drug-likeness (QED) is 0.151. The number of hydrogen-bond donors (Lipinski definition) is 4. The van der Waals surface area contributed by atoms with E-state index in [1.807, 2.05) is 12.3 Å². The molecule has 0 bridgehead atoms. The molecule has 0 radical (unpaired) electrons. The van der Waals surface area contributed by atoms with E-state index in [1.165, 1.54) is 5.56 Å². The molecular formula is C32H38N6O4. The van der Waals surface area contributed by atoms with E-state index in [9.17, 15) is 25.1 Å². The highest BCUT2D eigenvalue weighted by Crippen LogP contribution is 2.39. The number of rotatable bonds is 9. The van der Waals surface area contributed by atoms with Gasteiger partial charge in [-0.2, -0.15) is 5.26 Å². The van der Waals surface area contributed by atoms with Crippen molar-refractivity contribution in [1.82, 2.24) is 15.5 Å². The van der Waals surface area contributed by atoms with Crippen molar-refractivity contribution in [2.75, 3.05) is 38.1 Å². The van der Waals surface area contributed by atoms with E-state index < -0.39 is 17.9 Å². The van der Waals surface area contributed by atoms with Gasteiger partial charge in [-0.25, -0.2) is 9.59 Å². The van der Waals surface area contributed by atoms with Gasteiger partial charge in [0.15, 0.2) is 0 Å². The zero-order valence-electron chi connectivity index (χ0n) is 24.3. The molecule has 1 saturated heterocycles. The summed E-state index contributed by atoms with van der Waals surface area (Å²) < 4.78 is 0. The van der Waals surface area contributed by atoms with Crippen molar-refractivity contribution in [1.29, 1.82) is 5.26 Å². The number of allylic oxidation sites excluding steroid dienone is 2. The van der Waals surface area contributed by atoms with Crippen LogP contribution in [-0.4, -0.2) is 66.2 Å². The van der Waals surface area contributed by atoms with E-state index in [1.54, 1.807) is 44.0 Å². The highest BCUT2D eigenvalue weighted by atomic mass is 16.4. The van der Waals surface area contributed by atoms with Gasteiger partial charge in [0, 0.05) is 30.7 Å². The van der Waals surface area contributed by atoms with Crippen molar-refractivity contribution in [2.24, 2.45) is 4.99 Å². The molecular weight excluding hydrogens is 532 g/mol. The molecule has 4 rings (SSSR count). The molecule has 0 amide bonds. The van der Waals surface area contributed by atoms with Crippen LogP contribution in [0.15, 0.2) is 82.1 Å². The van der Waals surface area contributed by atoms with Crippen LogP contribution < -0.4 is 15.5 Å². The van der Waals surface area contributed by atoms with Gasteiger partial charge in [0.1, 0.15) is 0 Å². The van der Waals surface area contributed by atoms with Crippen molar-refractivity contribution >= 4 is 23.6 Å². The predicted molar refractivity (Wildman–Crippen MR) is 162 cm³/mol. The Morgan fingerprint density at radius 3 is 2.24 bits per heavy atom. The van der Waals surface area contributed by atoms with Crippen LogP contribution in [0.4, 0.5) is 5.69 Å².